The second-order valence-electron chi connectivity index (χ2n) is 7.12. The van der Waals surface area contributed by atoms with Crippen molar-refractivity contribution in [2.24, 2.45) is 5.92 Å². The van der Waals surface area contributed by atoms with Crippen molar-refractivity contribution in [2.45, 2.75) is 37.8 Å². The van der Waals surface area contributed by atoms with E-state index in [1.807, 2.05) is 22.2 Å². The van der Waals surface area contributed by atoms with Crippen molar-refractivity contribution < 1.29 is 14.4 Å². The Kier molecular flexibility index (Phi) is 4.73. The Labute approximate surface area is 164 Å². The third kappa shape index (κ3) is 3.61. The molecule has 0 bridgehead atoms. The maximum absolute atomic E-state index is 12.7. The van der Waals surface area contributed by atoms with Crippen LogP contribution in [0.5, 0.6) is 0 Å². The third-order valence-electron chi connectivity index (χ3n) is 5.10. The Morgan fingerprint density at radius 1 is 1.44 bits per heavy atom. The van der Waals surface area contributed by atoms with Crippen molar-refractivity contribution in [3.8, 4) is 0 Å². The highest BCUT2D eigenvalue weighted by Gasteiger charge is 2.56. The molecule has 1 aliphatic carbocycles. The van der Waals surface area contributed by atoms with Gasteiger partial charge < -0.3 is 10.6 Å². The van der Waals surface area contributed by atoms with E-state index in [1.165, 1.54) is 11.3 Å². The van der Waals surface area contributed by atoms with Crippen LogP contribution in [0, 0.1) is 5.92 Å². The van der Waals surface area contributed by atoms with Gasteiger partial charge in [-0.1, -0.05) is 0 Å². The van der Waals surface area contributed by atoms with E-state index < -0.39 is 11.6 Å². The molecule has 1 saturated carbocycles. The van der Waals surface area contributed by atoms with Crippen LogP contribution in [0.25, 0.3) is 0 Å². The minimum Gasteiger partial charge on any atom is -0.345 e. The smallest absolute Gasteiger partial charge is 0.325 e. The summed E-state index contributed by atoms with van der Waals surface area (Å²) in [4.78, 5) is 42.9. The lowest BCUT2D eigenvalue weighted by Gasteiger charge is -2.21. The van der Waals surface area contributed by atoms with Gasteiger partial charge in [0.05, 0.1) is 6.04 Å². The van der Waals surface area contributed by atoms with Gasteiger partial charge in [-0.15, -0.1) is 11.3 Å². The van der Waals surface area contributed by atoms with Crippen LogP contribution in [-0.4, -0.2) is 39.8 Å². The van der Waals surface area contributed by atoms with Crippen LogP contribution < -0.4 is 10.6 Å². The summed E-state index contributed by atoms with van der Waals surface area (Å²) in [5.74, 6) is -0.508. The summed E-state index contributed by atoms with van der Waals surface area (Å²) in [7, 11) is 0. The molecule has 2 atom stereocenters. The Morgan fingerprint density at radius 2 is 2.26 bits per heavy atom. The molecule has 4 amide bonds. The van der Waals surface area contributed by atoms with Crippen molar-refractivity contribution in [1.29, 1.82) is 0 Å². The van der Waals surface area contributed by atoms with E-state index in [2.05, 4.69) is 15.6 Å². The van der Waals surface area contributed by atoms with E-state index in [4.69, 9.17) is 0 Å². The molecule has 9 heteroatoms. The van der Waals surface area contributed by atoms with Crippen LogP contribution in [0.2, 0.25) is 0 Å². The predicted molar refractivity (Wildman–Crippen MR) is 102 cm³/mol. The lowest BCUT2D eigenvalue weighted by molar-refractivity contribution is -0.135. The predicted octanol–water partition coefficient (Wildman–Crippen LogP) is 2.33. The van der Waals surface area contributed by atoms with Crippen molar-refractivity contribution in [3.63, 3.8) is 0 Å². The number of rotatable bonds is 7. The number of urea groups is 1. The number of aromatic nitrogens is 1. The van der Waals surface area contributed by atoms with E-state index in [1.54, 1.807) is 24.5 Å². The second-order valence-corrected chi connectivity index (χ2v) is 8.83. The second kappa shape index (κ2) is 7.05. The average Bonchev–Trinajstić information content (AvgIpc) is 3.04. The van der Waals surface area contributed by atoms with Crippen LogP contribution in [0.4, 0.5) is 4.79 Å². The number of amides is 4. The molecule has 7 nitrogen and oxygen atoms in total. The molecule has 0 aromatic carbocycles. The van der Waals surface area contributed by atoms with Crippen LogP contribution >= 0.6 is 22.7 Å². The zero-order chi connectivity index (χ0) is 19.0. The normalized spacial score (nSPS) is 23.4. The van der Waals surface area contributed by atoms with E-state index >= 15 is 0 Å². The number of hydrogen-bond donors (Lipinski definition) is 2. The van der Waals surface area contributed by atoms with E-state index in [9.17, 15) is 14.4 Å². The van der Waals surface area contributed by atoms with Crippen molar-refractivity contribution in [3.05, 3.63) is 39.0 Å². The highest BCUT2D eigenvalue weighted by molar-refractivity contribution is 7.09. The van der Waals surface area contributed by atoms with Gasteiger partial charge in [-0.25, -0.2) is 9.78 Å². The Balaban J connectivity index is 1.44. The molecule has 3 heterocycles. The zero-order valence-electron chi connectivity index (χ0n) is 14.8. The molecule has 2 N–H and O–H groups in total. The van der Waals surface area contributed by atoms with E-state index in [0.29, 0.717) is 6.42 Å². The number of imide groups is 1. The number of nitrogens with one attached hydrogen (secondary N) is 2. The molecule has 2 aromatic rings. The standard InChI is InChI=1S/C18H20N4O3S2/c1-18(12-2-3-12)16(24)22(17(25)21-18)9-14(23)20-13(15-19-5-7-27-15)8-11-4-6-26-10-11/h4-7,10,12-13H,2-3,8-9H2,1H3,(H,20,23)(H,21,25). The van der Waals surface area contributed by atoms with Crippen LogP contribution in [0.3, 0.4) is 0 Å². The highest BCUT2D eigenvalue weighted by Crippen LogP contribution is 2.42. The lowest BCUT2D eigenvalue weighted by atomic mass is 9.96. The monoisotopic (exact) mass is 404 g/mol. The molecule has 2 fully saturated rings. The van der Waals surface area contributed by atoms with Gasteiger partial charge in [0, 0.05) is 18.0 Å². The molecule has 4 rings (SSSR count). The summed E-state index contributed by atoms with van der Waals surface area (Å²) in [5.41, 5.74) is 0.236. The first kappa shape index (κ1) is 18.1. The first-order valence-electron chi connectivity index (χ1n) is 8.81. The van der Waals surface area contributed by atoms with Gasteiger partial charge in [0.15, 0.2) is 0 Å². The topological polar surface area (TPSA) is 91.4 Å². The maximum atomic E-state index is 12.7. The molecule has 0 spiro atoms. The minimum absolute atomic E-state index is 0.170. The van der Waals surface area contributed by atoms with Crippen LogP contribution in [-0.2, 0) is 16.0 Å². The quantitative estimate of drug-likeness (QED) is 0.693. The maximum Gasteiger partial charge on any atom is 0.325 e. The highest BCUT2D eigenvalue weighted by atomic mass is 32.1. The Hall–Kier alpha value is -2.26. The fraction of sp³-hybridized carbons (Fsp3) is 0.444. The third-order valence-corrected chi connectivity index (χ3v) is 6.72. The fourth-order valence-corrected chi connectivity index (χ4v) is 4.80. The van der Waals surface area contributed by atoms with Gasteiger partial charge >= 0.3 is 6.03 Å². The van der Waals surface area contributed by atoms with E-state index in [-0.39, 0.29) is 30.3 Å². The summed E-state index contributed by atoms with van der Waals surface area (Å²) in [5, 5.41) is 12.4. The van der Waals surface area contributed by atoms with Gasteiger partial charge in [0.1, 0.15) is 17.1 Å². The molecule has 1 saturated heterocycles. The van der Waals surface area contributed by atoms with E-state index in [0.717, 1.165) is 28.3 Å². The molecular weight excluding hydrogens is 384 g/mol. The van der Waals surface area contributed by atoms with Crippen molar-refractivity contribution >= 4 is 40.5 Å². The largest absolute Gasteiger partial charge is 0.345 e. The lowest BCUT2D eigenvalue weighted by Crippen LogP contribution is -2.47. The summed E-state index contributed by atoms with van der Waals surface area (Å²) >= 11 is 3.07. The molecule has 0 radical (unpaired) electrons. The van der Waals surface area contributed by atoms with Gasteiger partial charge in [-0.05, 0) is 48.1 Å². The number of thiophene rings is 1. The average molecular weight is 405 g/mol. The fourth-order valence-electron chi connectivity index (χ4n) is 3.43. The first-order chi connectivity index (χ1) is 13.0. The summed E-state index contributed by atoms with van der Waals surface area (Å²) in [6.07, 6.45) is 4.17. The van der Waals surface area contributed by atoms with Crippen LogP contribution in [0.15, 0.2) is 28.4 Å². The SMILES string of the molecule is CC1(C2CC2)NC(=O)N(CC(=O)NC(Cc2ccsc2)c2nccs2)C1=O. The molecule has 2 aromatic heterocycles. The number of carbonyl (C=O) groups is 3. The van der Waals surface area contributed by atoms with Crippen LogP contribution in [0.1, 0.15) is 36.4 Å². The minimum atomic E-state index is -0.872. The molecule has 2 aliphatic rings. The Morgan fingerprint density at radius 3 is 2.89 bits per heavy atom. The molecule has 142 valence electrons. The summed E-state index contributed by atoms with van der Waals surface area (Å²) in [6, 6.07) is 1.23. The number of hydrogen-bond acceptors (Lipinski definition) is 6. The molecule has 2 unspecified atom stereocenters. The Bertz CT molecular complexity index is 848. The zero-order valence-corrected chi connectivity index (χ0v) is 16.4. The van der Waals surface area contributed by atoms with Crippen molar-refractivity contribution in [1.82, 2.24) is 20.5 Å². The van der Waals surface area contributed by atoms with Crippen molar-refractivity contribution in [2.75, 3.05) is 6.54 Å². The van der Waals surface area contributed by atoms with Gasteiger partial charge in [-0.3, -0.25) is 14.5 Å². The number of thiazole rings is 1. The number of nitrogens with zero attached hydrogens (tertiary/aromatic N) is 2. The van der Waals surface area contributed by atoms with Gasteiger partial charge in [0.2, 0.25) is 5.91 Å². The molecule has 1 aliphatic heterocycles. The first-order valence-corrected chi connectivity index (χ1v) is 10.6. The summed E-state index contributed by atoms with van der Waals surface area (Å²) in [6.45, 7) is 1.47. The van der Waals surface area contributed by atoms with Gasteiger partial charge in [0.25, 0.3) is 5.91 Å². The van der Waals surface area contributed by atoms with Gasteiger partial charge in [-0.2, -0.15) is 11.3 Å². The summed E-state index contributed by atoms with van der Waals surface area (Å²) < 4.78 is 0. The number of carbonyl (C=O) groups excluding carboxylic acids is 3. The molecular formula is C18H20N4O3S2. The molecule has 27 heavy (non-hydrogen) atoms.